The van der Waals surface area contributed by atoms with E-state index in [4.69, 9.17) is 4.74 Å². The van der Waals surface area contributed by atoms with Gasteiger partial charge >= 0.3 is 0 Å². The minimum Gasteiger partial charge on any atom is -0.497 e. The van der Waals surface area contributed by atoms with Crippen LogP contribution < -0.4 is 10.1 Å². The van der Waals surface area contributed by atoms with Crippen LogP contribution in [0.3, 0.4) is 0 Å². The maximum absolute atomic E-state index is 14.0. The molecule has 108 valence electrons. The highest BCUT2D eigenvalue weighted by Gasteiger charge is 2.13. The summed E-state index contributed by atoms with van der Waals surface area (Å²) in [6.45, 7) is 6.86. The summed E-state index contributed by atoms with van der Waals surface area (Å²) in [6, 6.07) is 4.66. The Hall–Kier alpha value is -1.88. The lowest BCUT2D eigenvalue weighted by atomic mass is 10.1. The Labute approximate surface area is 118 Å². The van der Waals surface area contributed by atoms with Crippen LogP contribution in [0.4, 0.5) is 4.39 Å². The van der Waals surface area contributed by atoms with Gasteiger partial charge in [0.15, 0.2) is 0 Å². The van der Waals surface area contributed by atoms with Gasteiger partial charge in [-0.25, -0.2) is 9.37 Å². The molecular weight excluding hydrogens is 257 g/mol. The normalized spacial score (nSPS) is 11.7. The Bertz CT molecular complexity index is 587. The molecular formula is C15H20FN3O. The zero-order chi connectivity index (χ0) is 14.8. The Balaban J connectivity index is 2.32. The van der Waals surface area contributed by atoms with Gasteiger partial charge in [-0.1, -0.05) is 0 Å². The summed E-state index contributed by atoms with van der Waals surface area (Å²) < 4.78 is 20.9. The van der Waals surface area contributed by atoms with Crippen molar-refractivity contribution in [3.05, 3.63) is 42.2 Å². The molecule has 0 aliphatic carbocycles. The van der Waals surface area contributed by atoms with Gasteiger partial charge in [0.05, 0.1) is 24.8 Å². The number of benzene rings is 1. The molecule has 1 N–H and O–H groups in total. The second-order valence-corrected chi connectivity index (χ2v) is 5.68. The van der Waals surface area contributed by atoms with Gasteiger partial charge in [-0.05, 0) is 32.9 Å². The van der Waals surface area contributed by atoms with Crippen molar-refractivity contribution in [1.29, 1.82) is 0 Å². The van der Waals surface area contributed by atoms with Gasteiger partial charge in [-0.2, -0.15) is 0 Å². The second kappa shape index (κ2) is 5.63. The van der Waals surface area contributed by atoms with Crippen LogP contribution in [0, 0.1) is 5.82 Å². The van der Waals surface area contributed by atoms with E-state index in [1.54, 1.807) is 36.3 Å². The Morgan fingerprint density at radius 2 is 2.10 bits per heavy atom. The van der Waals surface area contributed by atoms with E-state index in [2.05, 4.69) is 31.1 Å². The summed E-state index contributed by atoms with van der Waals surface area (Å²) in [6.07, 6.45) is 3.34. The molecule has 0 unspecified atom stereocenters. The summed E-state index contributed by atoms with van der Waals surface area (Å²) in [5.74, 6) is 0.311. The highest BCUT2D eigenvalue weighted by molar-refractivity contribution is 5.41. The average Bonchev–Trinajstić information content (AvgIpc) is 2.84. The van der Waals surface area contributed by atoms with Crippen LogP contribution >= 0.6 is 0 Å². The molecule has 0 radical (unpaired) electrons. The number of hydrogen-bond acceptors (Lipinski definition) is 3. The van der Waals surface area contributed by atoms with Gasteiger partial charge < -0.3 is 10.1 Å². The first-order chi connectivity index (χ1) is 9.40. The number of nitrogens with zero attached hydrogens (tertiary/aromatic N) is 2. The minimum atomic E-state index is -0.305. The van der Waals surface area contributed by atoms with Crippen molar-refractivity contribution in [3.63, 3.8) is 0 Å². The van der Waals surface area contributed by atoms with Crippen molar-refractivity contribution < 1.29 is 9.13 Å². The predicted octanol–water partition coefficient (Wildman–Crippen LogP) is 2.91. The highest BCUT2D eigenvalue weighted by atomic mass is 19.1. The van der Waals surface area contributed by atoms with E-state index in [9.17, 15) is 4.39 Å². The van der Waals surface area contributed by atoms with Crippen molar-refractivity contribution in [3.8, 4) is 11.4 Å². The molecule has 0 amide bonds. The van der Waals surface area contributed by atoms with E-state index in [0.717, 1.165) is 5.69 Å². The quantitative estimate of drug-likeness (QED) is 0.934. The smallest absolute Gasteiger partial charge is 0.147 e. The molecule has 0 fully saturated rings. The first-order valence-electron chi connectivity index (χ1n) is 6.51. The summed E-state index contributed by atoms with van der Waals surface area (Å²) in [4.78, 5) is 4.11. The fourth-order valence-corrected chi connectivity index (χ4v) is 1.83. The van der Waals surface area contributed by atoms with Gasteiger partial charge in [-0.15, -0.1) is 0 Å². The number of imidazole rings is 1. The molecule has 0 spiro atoms. The third-order valence-corrected chi connectivity index (χ3v) is 2.93. The van der Waals surface area contributed by atoms with Crippen LogP contribution in [0.25, 0.3) is 5.69 Å². The van der Waals surface area contributed by atoms with E-state index < -0.39 is 0 Å². The first kappa shape index (κ1) is 14.5. The lowest BCUT2D eigenvalue weighted by Gasteiger charge is -2.21. The number of rotatable bonds is 4. The van der Waals surface area contributed by atoms with E-state index in [0.29, 0.717) is 18.0 Å². The third kappa shape index (κ3) is 3.36. The molecule has 0 aliphatic rings. The molecule has 0 atom stereocenters. The number of hydrogen-bond donors (Lipinski definition) is 1. The van der Waals surface area contributed by atoms with Crippen molar-refractivity contribution in [1.82, 2.24) is 14.9 Å². The topological polar surface area (TPSA) is 39.1 Å². The molecule has 1 aromatic carbocycles. The molecule has 1 aromatic heterocycles. The van der Waals surface area contributed by atoms with Crippen LogP contribution in [0.1, 0.15) is 26.5 Å². The minimum absolute atomic E-state index is 0.0119. The largest absolute Gasteiger partial charge is 0.497 e. The summed E-state index contributed by atoms with van der Waals surface area (Å²) >= 11 is 0. The Morgan fingerprint density at radius 3 is 2.75 bits per heavy atom. The zero-order valence-corrected chi connectivity index (χ0v) is 12.3. The predicted molar refractivity (Wildman–Crippen MR) is 76.7 cm³/mol. The SMILES string of the molecule is COc1ccc(F)c(-n2cncc2CNC(C)(C)C)c1. The molecule has 20 heavy (non-hydrogen) atoms. The first-order valence-corrected chi connectivity index (χ1v) is 6.51. The van der Waals surface area contributed by atoms with Crippen molar-refractivity contribution in [2.75, 3.05) is 7.11 Å². The van der Waals surface area contributed by atoms with E-state index >= 15 is 0 Å². The van der Waals surface area contributed by atoms with Gasteiger partial charge in [-0.3, -0.25) is 4.57 Å². The van der Waals surface area contributed by atoms with E-state index in [1.807, 2.05) is 0 Å². The van der Waals surface area contributed by atoms with Gasteiger partial charge in [0.25, 0.3) is 0 Å². The number of halogens is 1. The molecule has 0 saturated heterocycles. The monoisotopic (exact) mass is 277 g/mol. The maximum atomic E-state index is 14.0. The van der Waals surface area contributed by atoms with Crippen LogP contribution in [0.15, 0.2) is 30.7 Å². The van der Waals surface area contributed by atoms with Crippen LogP contribution in [-0.4, -0.2) is 22.2 Å². The van der Waals surface area contributed by atoms with Crippen molar-refractivity contribution >= 4 is 0 Å². The molecule has 2 aromatic rings. The highest BCUT2D eigenvalue weighted by Crippen LogP contribution is 2.21. The molecule has 0 saturated carbocycles. The van der Waals surface area contributed by atoms with Gasteiger partial charge in [0, 0.05) is 24.3 Å². The van der Waals surface area contributed by atoms with Gasteiger partial charge in [0.2, 0.25) is 0 Å². The maximum Gasteiger partial charge on any atom is 0.147 e. The summed E-state index contributed by atoms with van der Waals surface area (Å²) in [7, 11) is 1.56. The summed E-state index contributed by atoms with van der Waals surface area (Å²) in [5.41, 5.74) is 1.32. The molecule has 2 rings (SSSR count). The number of aromatic nitrogens is 2. The Morgan fingerprint density at radius 1 is 1.35 bits per heavy atom. The number of ether oxygens (including phenoxy) is 1. The fourth-order valence-electron chi connectivity index (χ4n) is 1.83. The molecule has 0 bridgehead atoms. The lowest BCUT2D eigenvalue weighted by molar-refractivity contribution is 0.412. The lowest BCUT2D eigenvalue weighted by Crippen LogP contribution is -2.35. The summed E-state index contributed by atoms with van der Waals surface area (Å²) in [5, 5.41) is 3.37. The standard InChI is InChI=1S/C15H20FN3O/c1-15(2,3)18-9-11-8-17-10-19(11)14-7-12(20-4)5-6-13(14)16/h5-8,10,18H,9H2,1-4H3. The second-order valence-electron chi connectivity index (χ2n) is 5.68. The van der Waals surface area contributed by atoms with Crippen LogP contribution in [0.2, 0.25) is 0 Å². The van der Waals surface area contributed by atoms with Gasteiger partial charge in [0.1, 0.15) is 11.6 Å². The third-order valence-electron chi connectivity index (χ3n) is 2.93. The molecule has 0 aliphatic heterocycles. The zero-order valence-electron chi connectivity index (χ0n) is 12.3. The molecule has 4 nitrogen and oxygen atoms in total. The van der Waals surface area contributed by atoms with Crippen LogP contribution in [0.5, 0.6) is 5.75 Å². The van der Waals surface area contributed by atoms with E-state index in [1.165, 1.54) is 6.07 Å². The average molecular weight is 277 g/mol. The number of methoxy groups -OCH3 is 1. The van der Waals surface area contributed by atoms with Crippen molar-refractivity contribution in [2.24, 2.45) is 0 Å². The molecule has 1 heterocycles. The van der Waals surface area contributed by atoms with Crippen LogP contribution in [-0.2, 0) is 6.54 Å². The number of nitrogens with one attached hydrogen (secondary N) is 1. The molecule has 5 heteroatoms. The van der Waals surface area contributed by atoms with E-state index in [-0.39, 0.29) is 11.4 Å². The Kier molecular flexibility index (Phi) is 4.09. The fraction of sp³-hybridized carbons (Fsp3) is 0.400. The van der Waals surface area contributed by atoms with Crippen molar-refractivity contribution in [2.45, 2.75) is 32.9 Å².